The molecule has 4 nitrogen and oxygen atoms in total. The van der Waals surface area contributed by atoms with Crippen molar-refractivity contribution in [1.29, 1.82) is 0 Å². The second-order valence-corrected chi connectivity index (χ2v) is 6.35. The topological polar surface area (TPSA) is 69.4 Å². The lowest BCUT2D eigenvalue weighted by atomic mass is 10.2. The third-order valence-electron chi connectivity index (χ3n) is 2.34. The number of hydrogen-bond acceptors (Lipinski definition) is 4. The van der Waals surface area contributed by atoms with Gasteiger partial charge in [0.05, 0.1) is 17.2 Å². The van der Waals surface area contributed by atoms with E-state index in [2.05, 4.69) is 0 Å². The summed E-state index contributed by atoms with van der Waals surface area (Å²) in [6, 6.07) is 5.45. The van der Waals surface area contributed by atoms with Crippen LogP contribution < -0.4 is 10.5 Å². The Kier molecular flexibility index (Phi) is 4.81. The maximum atomic E-state index is 11.5. The Bertz CT molecular complexity index is 469. The Hall–Kier alpha value is -1.23. The standard InChI is InChI=1S/C12H19NO3S/c1-3-7-17(14,15)8-6-16-12-9-10(2)4-5-11(12)13/h4-5,9H,3,6-8,13H2,1-2H3. The number of rotatable bonds is 6. The predicted octanol–water partition coefficient (Wildman–Crippen LogP) is 1.78. The second-order valence-electron chi connectivity index (χ2n) is 4.04. The van der Waals surface area contributed by atoms with Gasteiger partial charge in [0.1, 0.15) is 12.4 Å². The Morgan fingerprint density at radius 2 is 2.00 bits per heavy atom. The summed E-state index contributed by atoms with van der Waals surface area (Å²) in [7, 11) is -2.99. The predicted molar refractivity (Wildman–Crippen MR) is 70.0 cm³/mol. The van der Waals surface area contributed by atoms with Gasteiger partial charge >= 0.3 is 0 Å². The van der Waals surface area contributed by atoms with Gasteiger partial charge in [-0.2, -0.15) is 0 Å². The maximum Gasteiger partial charge on any atom is 0.153 e. The van der Waals surface area contributed by atoms with Gasteiger partial charge in [-0.05, 0) is 31.0 Å². The molecule has 0 bridgehead atoms. The van der Waals surface area contributed by atoms with E-state index in [-0.39, 0.29) is 18.1 Å². The first-order chi connectivity index (χ1) is 7.94. The fraction of sp³-hybridized carbons (Fsp3) is 0.500. The van der Waals surface area contributed by atoms with Crippen molar-refractivity contribution in [1.82, 2.24) is 0 Å². The van der Waals surface area contributed by atoms with Crippen LogP contribution in [0.15, 0.2) is 18.2 Å². The average molecular weight is 257 g/mol. The minimum absolute atomic E-state index is 0.0359. The Balaban J connectivity index is 2.54. The minimum atomic E-state index is -2.99. The van der Waals surface area contributed by atoms with Gasteiger partial charge in [0, 0.05) is 0 Å². The first-order valence-corrected chi connectivity index (χ1v) is 7.46. The van der Waals surface area contributed by atoms with Crippen molar-refractivity contribution in [2.24, 2.45) is 0 Å². The highest BCUT2D eigenvalue weighted by Crippen LogP contribution is 2.22. The molecule has 1 aromatic carbocycles. The number of anilines is 1. The molecular weight excluding hydrogens is 238 g/mol. The van der Waals surface area contributed by atoms with Crippen LogP contribution in [0.3, 0.4) is 0 Å². The van der Waals surface area contributed by atoms with E-state index in [1.54, 1.807) is 6.07 Å². The van der Waals surface area contributed by atoms with E-state index in [1.807, 2.05) is 26.0 Å². The molecule has 1 rings (SSSR count). The third-order valence-corrected chi connectivity index (χ3v) is 4.16. The fourth-order valence-corrected chi connectivity index (χ4v) is 2.62. The van der Waals surface area contributed by atoms with Crippen molar-refractivity contribution in [3.8, 4) is 5.75 Å². The van der Waals surface area contributed by atoms with Gasteiger partial charge in [0.15, 0.2) is 9.84 Å². The van der Waals surface area contributed by atoms with E-state index >= 15 is 0 Å². The van der Waals surface area contributed by atoms with Crippen LogP contribution in [-0.4, -0.2) is 26.5 Å². The number of benzene rings is 1. The van der Waals surface area contributed by atoms with E-state index < -0.39 is 9.84 Å². The molecule has 0 aliphatic heterocycles. The molecule has 0 saturated heterocycles. The van der Waals surface area contributed by atoms with Crippen molar-refractivity contribution in [2.45, 2.75) is 20.3 Å². The Labute approximate surface area is 103 Å². The molecule has 5 heteroatoms. The van der Waals surface area contributed by atoms with E-state index in [0.29, 0.717) is 17.9 Å². The summed E-state index contributed by atoms with van der Waals surface area (Å²) in [5, 5.41) is 0. The summed E-state index contributed by atoms with van der Waals surface area (Å²) in [5.41, 5.74) is 7.29. The molecule has 1 aromatic rings. The zero-order chi connectivity index (χ0) is 12.9. The summed E-state index contributed by atoms with van der Waals surface area (Å²) < 4.78 is 28.3. The molecule has 0 aliphatic carbocycles. The average Bonchev–Trinajstić information content (AvgIpc) is 2.23. The molecular formula is C12H19NO3S. The van der Waals surface area contributed by atoms with Crippen LogP contribution in [0, 0.1) is 6.92 Å². The van der Waals surface area contributed by atoms with Crippen LogP contribution in [-0.2, 0) is 9.84 Å². The highest BCUT2D eigenvalue weighted by molar-refractivity contribution is 7.91. The number of hydrogen-bond donors (Lipinski definition) is 1. The van der Waals surface area contributed by atoms with Gasteiger partial charge in [0.25, 0.3) is 0 Å². The Morgan fingerprint density at radius 3 is 2.65 bits per heavy atom. The first kappa shape index (κ1) is 13.8. The monoisotopic (exact) mass is 257 g/mol. The molecule has 0 saturated carbocycles. The van der Waals surface area contributed by atoms with Crippen molar-refractivity contribution >= 4 is 15.5 Å². The molecule has 0 unspecified atom stereocenters. The van der Waals surface area contributed by atoms with Gasteiger partial charge < -0.3 is 10.5 Å². The van der Waals surface area contributed by atoms with Crippen molar-refractivity contribution in [2.75, 3.05) is 23.8 Å². The van der Waals surface area contributed by atoms with E-state index in [4.69, 9.17) is 10.5 Å². The smallest absolute Gasteiger partial charge is 0.153 e. The van der Waals surface area contributed by atoms with Gasteiger partial charge in [-0.15, -0.1) is 0 Å². The van der Waals surface area contributed by atoms with Crippen molar-refractivity contribution < 1.29 is 13.2 Å². The molecule has 0 aromatic heterocycles. The molecule has 2 N–H and O–H groups in total. The maximum absolute atomic E-state index is 11.5. The number of aryl methyl sites for hydroxylation is 1. The summed E-state index contributed by atoms with van der Waals surface area (Å²) >= 11 is 0. The summed E-state index contributed by atoms with van der Waals surface area (Å²) in [4.78, 5) is 0. The third kappa shape index (κ3) is 4.65. The summed E-state index contributed by atoms with van der Waals surface area (Å²) in [5.74, 6) is 0.796. The molecule has 0 radical (unpaired) electrons. The molecule has 96 valence electrons. The van der Waals surface area contributed by atoms with Crippen LogP contribution in [0.4, 0.5) is 5.69 Å². The van der Waals surface area contributed by atoms with Crippen molar-refractivity contribution in [3.05, 3.63) is 23.8 Å². The van der Waals surface area contributed by atoms with Gasteiger partial charge in [-0.25, -0.2) is 8.42 Å². The molecule has 17 heavy (non-hydrogen) atoms. The van der Waals surface area contributed by atoms with Crippen LogP contribution >= 0.6 is 0 Å². The molecule has 0 fully saturated rings. The SMILES string of the molecule is CCCS(=O)(=O)CCOc1cc(C)ccc1N. The quantitative estimate of drug-likeness (QED) is 0.789. The van der Waals surface area contributed by atoms with Gasteiger partial charge in [-0.3, -0.25) is 0 Å². The zero-order valence-corrected chi connectivity index (χ0v) is 11.1. The van der Waals surface area contributed by atoms with Gasteiger partial charge in [-0.1, -0.05) is 13.0 Å². The highest BCUT2D eigenvalue weighted by atomic mass is 32.2. The molecule has 0 spiro atoms. The summed E-state index contributed by atoms with van der Waals surface area (Å²) in [6.45, 7) is 3.92. The lowest BCUT2D eigenvalue weighted by Gasteiger charge is -2.09. The first-order valence-electron chi connectivity index (χ1n) is 5.64. The van der Waals surface area contributed by atoms with Crippen LogP contribution in [0.2, 0.25) is 0 Å². The number of nitrogens with two attached hydrogens (primary N) is 1. The van der Waals surface area contributed by atoms with Crippen LogP contribution in [0.1, 0.15) is 18.9 Å². The van der Waals surface area contributed by atoms with Gasteiger partial charge in [0.2, 0.25) is 0 Å². The van der Waals surface area contributed by atoms with Crippen LogP contribution in [0.25, 0.3) is 0 Å². The number of nitrogen functional groups attached to an aromatic ring is 1. The molecule has 0 atom stereocenters. The summed E-state index contributed by atoms with van der Waals surface area (Å²) in [6.07, 6.45) is 0.634. The van der Waals surface area contributed by atoms with E-state index in [0.717, 1.165) is 5.56 Å². The van der Waals surface area contributed by atoms with E-state index in [1.165, 1.54) is 0 Å². The molecule has 0 amide bonds. The lowest BCUT2D eigenvalue weighted by Crippen LogP contribution is -2.17. The normalized spacial score (nSPS) is 11.4. The largest absolute Gasteiger partial charge is 0.490 e. The fourth-order valence-electron chi connectivity index (χ4n) is 1.46. The number of sulfone groups is 1. The Morgan fingerprint density at radius 1 is 1.29 bits per heavy atom. The highest BCUT2D eigenvalue weighted by Gasteiger charge is 2.10. The van der Waals surface area contributed by atoms with Crippen molar-refractivity contribution in [3.63, 3.8) is 0 Å². The van der Waals surface area contributed by atoms with Crippen LogP contribution in [0.5, 0.6) is 5.75 Å². The molecule has 0 heterocycles. The minimum Gasteiger partial charge on any atom is -0.490 e. The molecule has 0 aliphatic rings. The van der Waals surface area contributed by atoms with E-state index in [9.17, 15) is 8.42 Å². The lowest BCUT2D eigenvalue weighted by molar-refractivity contribution is 0.342. The number of ether oxygens (including phenoxy) is 1. The zero-order valence-electron chi connectivity index (χ0n) is 10.3. The second kappa shape index (κ2) is 5.91.